The molecule has 2 heterocycles. The van der Waals surface area contributed by atoms with Gasteiger partial charge in [-0.3, -0.25) is 4.79 Å². The van der Waals surface area contributed by atoms with E-state index in [9.17, 15) is 9.90 Å². The van der Waals surface area contributed by atoms with Gasteiger partial charge in [0.2, 0.25) is 5.91 Å². The summed E-state index contributed by atoms with van der Waals surface area (Å²) in [6.07, 6.45) is 2.02. The van der Waals surface area contributed by atoms with E-state index in [1.54, 1.807) is 6.08 Å². The molecule has 0 aliphatic carbocycles. The smallest absolute Gasteiger partial charge is 0.222 e. The molecule has 0 aromatic carbocycles. The maximum Gasteiger partial charge on any atom is 0.222 e. The van der Waals surface area contributed by atoms with Crippen LogP contribution in [0.25, 0.3) is 0 Å². The Kier molecular flexibility index (Phi) is 4.04. The molecule has 2 fully saturated rings. The number of rotatable bonds is 5. The van der Waals surface area contributed by atoms with Crippen molar-refractivity contribution < 1.29 is 19.4 Å². The van der Waals surface area contributed by atoms with Crippen LogP contribution in [0.1, 0.15) is 26.2 Å². The molecule has 2 rings (SSSR count). The predicted molar refractivity (Wildman–Crippen MR) is 66.1 cm³/mol. The predicted octanol–water partition coefficient (Wildman–Crippen LogP) is 0.376. The first-order chi connectivity index (χ1) is 8.61. The summed E-state index contributed by atoms with van der Waals surface area (Å²) < 4.78 is 11.0. The van der Waals surface area contributed by atoms with Crippen LogP contribution in [0.4, 0.5) is 0 Å². The number of aliphatic hydroxyl groups excluding tert-OH is 1. The van der Waals surface area contributed by atoms with E-state index in [4.69, 9.17) is 9.47 Å². The van der Waals surface area contributed by atoms with Gasteiger partial charge in [-0.05, 0) is 6.42 Å². The number of ether oxygens (including phenoxy) is 2. The second-order valence-electron chi connectivity index (χ2n) is 5.01. The SMILES string of the molecule is C=C[C@H]1O[C@H](CC(=O)NCCC)C[C@@]2(CO2)[C@@H]1O. The first-order valence-corrected chi connectivity index (χ1v) is 6.48. The highest BCUT2D eigenvalue weighted by Crippen LogP contribution is 2.43. The Hall–Kier alpha value is -0.910. The summed E-state index contributed by atoms with van der Waals surface area (Å²) in [6.45, 7) is 6.88. The molecule has 1 spiro atoms. The third-order valence-corrected chi connectivity index (χ3v) is 3.51. The minimum absolute atomic E-state index is 0.0168. The van der Waals surface area contributed by atoms with E-state index in [2.05, 4.69) is 11.9 Å². The summed E-state index contributed by atoms with van der Waals surface area (Å²) >= 11 is 0. The van der Waals surface area contributed by atoms with E-state index < -0.39 is 17.8 Å². The van der Waals surface area contributed by atoms with E-state index >= 15 is 0 Å². The first-order valence-electron chi connectivity index (χ1n) is 6.48. The molecule has 1 amide bonds. The largest absolute Gasteiger partial charge is 0.387 e. The van der Waals surface area contributed by atoms with Gasteiger partial charge < -0.3 is 19.9 Å². The highest BCUT2D eigenvalue weighted by Gasteiger charge is 2.58. The quantitative estimate of drug-likeness (QED) is 0.550. The molecule has 0 bridgehead atoms. The third kappa shape index (κ3) is 2.74. The zero-order chi connectivity index (χ0) is 13.2. The van der Waals surface area contributed by atoms with Gasteiger partial charge in [-0.2, -0.15) is 0 Å². The fraction of sp³-hybridized carbons (Fsp3) is 0.769. The maximum atomic E-state index is 11.7. The molecule has 0 aromatic rings. The van der Waals surface area contributed by atoms with Crippen molar-refractivity contribution in [3.63, 3.8) is 0 Å². The Balaban J connectivity index is 1.90. The molecule has 2 saturated heterocycles. The number of epoxide rings is 1. The third-order valence-electron chi connectivity index (χ3n) is 3.51. The number of hydrogen-bond acceptors (Lipinski definition) is 4. The molecular weight excluding hydrogens is 234 g/mol. The number of amides is 1. The molecule has 102 valence electrons. The molecule has 0 radical (unpaired) electrons. The monoisotopic (exact) mass is 255 g/mol. The van der Waals surface area contributed by atoms with E-state index in [0.29, 0.717) is 26.0 Å². The van der Waals surface area contributed by atoms with Crippen LogP contribution in [0.5, 0.6) is 0 Å². The molecule has 0 unspecified atom stereocenters. The van der Waals surface area contributed by atoms with Crippen LogP contribution < -0.4 is 5.32 Å². The Bertz CT molecular complexity index is 327. The van der Waals surface area contributed by atoms with Crippen molar-refractivity contribution in [2.24, 2.45) is 0 Å². The zero-order valence-electron chi connectivity index (χ0n) is 10.7. The first kappa shape index (κ1) is 13.5. The average Bonchev–Trinajstić information content (AvgIpc) is 3.11. The summed E-state index contributed by atoms with van der Waals surface area (Å²) in [7, 11) is 0. The Morgan fingerprint density at radius 2 is 2.39 bits per heavy atom. The minimum atomic E-state index is -0.676. The highest BCUT2D eigenvalue weighted by molar-refractivity contribution is 5.76. The fourth-order valence-electron chi connectivity index (χ4n) is 2.38. The molecular formula is C13H21NO4. The van der Waals surface area contributed by atoms with Crippen molar-refractivity contribution in [3.8, 4) is 0 Å². The Labute approximate surface area is 107 Å². The summed E-state index contributed by atoms with van der Waals surface area (Å²) in [5.41, 5.74) is -0.507. The number of carbonyl (C=O) groups is 1. The molecule has 5 nitrogen and oxygen atoms in total. The molecule has 18 heavy (non-hydrogen) atoms. The van der Waals surface area contributed by atoms with Gasteiger partial charge in [0.15, 0.2) is 0 Å². The van der Waals surface area contributed by atoms with E-state index in [-0.39, 0.29) is 12.0 Å². The molecule has 2 aliphatic heterocycles. The number of nitrogens with one attached hydrogen (secondary N) is 1. The molecule has 2 N–H and O–H groups in total. The molecule has 5 heteroatoms. The van der Waals surface area contributed by atoms with Crippen molar-refractivity contribution in [1.29, 1.82) is 0 Å². The molecule has 4 atom stereocenters. The van der Waals surface area contributed by atoms with Gasteiger partial charge in [0.1, 0.15) is 17.8 Å². The number of aliphatic hydroxyl groups is 1. The molecule has 0 aromatic heterocycles. The lowest BCUT2D eigenvalue weighted by Crippen LogP contribution is -2.50. The lowest BCUT2D eigenvalue weighted by atomic mass is 9.88. The summed E-state index contributed by atoms with van der Waals surface area (Å²) in [6, 6.07) is 0. The van der Waals surface area contributed by atoms with Crippen LogP contribution in [-0.2, 0) is 14.3 Å². The maximum absolute atomic E-state index is 11.7. The summed E-state index contributed by atoms with van der Waals surface area (Å²) in [4.78, 5) is 11.7. The molecule has 2 aliphatic rings. The van der Waals surface area contributed by atoms with Gasteiger partial charge in [0, 0.05) is 13.0 Å². The van der Waals surface area contributed by atoms with Gasteiger partial charge in [0.05, 0.1) is 19.1 Å². The van der Waals surface area contributed by atoms with Gasteiger partial charge in [-0.1, -0.05) is 13.0 Å². The Morgan fingerprint density at radius 3 is 2.94 bits per heavy atom. The highest BCUT2D eigenvalue weighted by atomic mass is 16.6. The van der Waals surface area contributed by atoms with Gasteiger partial charge >= 0.3 is 0 Å². The van der Waals surface area contributed by atoms with Crippen LogP contribution in [0, 0.1) is 0 Å². The second kappa shape index (κ2) is 5.38. The normalized spacial score (nSPS) is 38.4. The van der Waals surface area contributed by atoms with Gasteiger partial charge in [-0.15, -0.1) is 6.58 Å². The fourth-order valence-corrected chi connectivity index (χ4v) is 2.38. The minimum Gasteiger partial charge on any atom is -0.387 e. The van der Waals surface area contributed by atoms with E-state index in [0.717, 1.165) is 6.42 Å². The van der Waals surface area contributed by atoms with Crippen LogP contribution >= 0.6 is 0 Å². The zero-order valence-corrected chi connectivity index (χ0v) is 10.7. The standard InChI is InChI=1S/C13H21NO4/c1-3-5-14-11(15)6-9-7-13(8-17-13)12(16)10(4-2)18-9/h4,9-10,12,16H,2-3,5-8H2,1H3,(H,14,15)/t9-,10-,12-,13-/m1/s1. The van der Waals surface area contributed by atoms with Crippen molar-refractivity contribution in [1.82, 2.24) is 5.32 Å². The van der Waals surface area contributed by atoms with Gasteiger partial charge in [0.25, 0.3) is 0 Å². The van der Waals surface area contributed by atoms with Crippen LogP contribution in [0.15, 0.2) is 12.7 Å². The summed E-state index contributed by atoms with van der Waals surface area (Å²) in [5.74, 6) is -0.0168. The average molecular weight is 255 g/mol. The number of hydrogen-bond donors (Lipinski definition) is 2. The molecule has 0 saturated carbocycles. The van der Waals surface area contributed by atoms with Crippen LogP contribution in [-0.4, -0.2) is 48.1 Å². The van der Waals surface area contributed by atoms with Crippen molar-refractivity contribution in [2.75, 3.05) is 13.2 Å². The van der Waals surface area contributed by atoms with Crippen molar-refractivity contribution in [3.05, 3.63) is 12.7 Å². The van der Waals surface area contributed by atoms with Crippen molar-refractivity contribution in [2.45, 2.75) is 50.1 Å². The number of carbonyl (C=O) groups excluding carboxylic acids is 1. The van der Waals surface area contributed by atoms with E-state index in [1.165, 1.54) is 0 Å². The van der Waals surface area contributed by atoms with E-state index in [1.807, 2.05) is 6.92 Å². The Morgan fingerprint density at radius 1 is 1.67 bits per heavy atom. The van der Waals surface area contributed by atoms with Gasteiger partial charge in [-0.25, -0.2) is 0 Å². The second-order valence-corrected chi connectivity index (χ2v) is 5.01. The topological polar surface area (TPSA) is 71.1 Å². The lowest BCUT2D eigenvalue weighted by Gasteiger charge is -2.36. The lowest BCUT2D eigenvalue weighted by molar-refractivity contribution is -0.145. The van der Waals surface area contributed by atoms with Crippen molar-refractivity contribution >= 4 is 5.91 Å². The van der Waals surface area contributed by atoms with Crippen LogP contribution in [0.2, 0.25) is 0 Å². The van der Waals surface area contributed by atoms with Crippen LogP contribution in [0.3, 0.4) is 0 Å². The summed E-state index contributed by atoms with van der Waals surface area (Å²) in [5, 5.41) is 12.9.